The van der Waals surface area contributed by atoms with E-state index in [0.29, 0.717) is 0 Å². The van der Waals surface area contributed by atoms with Crippen LogP contribution in [0, 0.1) is 0 Å². The molecule has 23 heavy (non-hydrogen) atoms. The van der Waals surface area contributed by atoms with Gasteiger partial charge in [-0.2, -0.15) is 0 Å². The normalized spacial score (nSPS) is 14.3. The standard InChI is InChI=1S/C18H46N2OSi2/c1-11-19(3,4)15-13-17-22(7,8)21-23(9,10)18-14-16-20(5,6)12-2/h11-18H2,1-10H3/q+2. The highest BCUT2D eigenvalue weighted by Gasteiger charge is 2.33. The molecule has 0 heterocycles. The third-order valence-corrected chi connectivity index (χ3v) is 12.9. The molecular formula is C18H46N2OSi2+2. The van der Waals surface area contributed by atoms with Crippen LogP contribution in [0.1, 0.15) is 26.7 Å². The first-order valence-corrected chi connectivity index (χ1v) is 15.8. The Morgan fingerprint density at radius 1 is 0.652 bits per heavy atom. The first kappa shape index (κ1) is 23.3. The van der Waals surface area contributed by atoms with E-state index in [-0.39, 0.29) is 0 Å². The quantitative estimate of drug-likeness (QED) is 0.370. The van der Waals surface area contributed by atoms with E-state index in [2.05, 4.69) is 68.2 Å². The predicted molar refractivity (Wildman–Crippen MR) is 110 cm³/mol. The van der Waals surface area contributed by atoms with Gasteiger partial charge in [0.15, 0.2) is 16.6 Å². The van der Waals surface area contributed by atoms with Crippen LogP contribution in [0.3, 0.4) is 0 Å². The minimum atomic E-state index is -1.51. The second-order valence-electron chi connectivity index (χ2n) is 9.78. The number of rotatable bonds is 12. The summed E-state index contributed by atoms with van der Waals surface area (Å²) in [6.07, 6.45) is 2.62. The highest BCUT2D eigenvalue weighted by Crippen LogP contribution is 2.24. The Morgan fingerprint density at radius 2 is 0.957 bits per heavy atom. The molecule has 3 nitrogen and oxygen atoms in total. The van der Waals surface area contributed by atoms with Crippen molar-refractivity contribution in [3.8, 4) is 0 Å². The minimum Gasteiger partial charge on any atom is -0.455 e. The molecule has 0 spiro atoms. The lowest BCUT2D eigenvalue weighted by Crippen LogP contribution is -2.46. The summed E-state index contributed by atoms with van der Waals surface area (Å²) in [5, 5.41) is 0. The van der Waals surface area contributed by atoms with Crippen molar-refractivity contribution >= 4 is 16.6 Å². The topological polar surface area (TPSA) is 9.23 Å². The molecule has 5 heteroatoms. The average Bonchev–Trinajstić information content (AvgIpc) is 2.36. The van der Waals surface area contributed by atoms with Crippen LogP contribution >= 0.6 is 0 Å². The fraction of sp³-hybridized carbons (Fsp3) is 1.00. The molecule has 0 aliphatic carbocycles. The van der Waals surface area contributed by atoms with Gasteiger partial charge in [0.2, 0.25) is 0 Å². The number of hydrogen-bond donors (Lipinski definition) is 0. The molecule has 0 radical (unpaired) electrons. The van der Waals surface area contributed by atoms with E-state index in [4.69, 9.17) is 4.12 Å². The van der Waals surface area contributed by atoms with Gasteiger partial charge < -0.3 is 13.1 Å². The maximum atomic E-state index is 6.79. The van der Waals surface area contributed by atoms with E-state index in [1.54, 1.807) is 0 Å². The Bertz CT molecular complexity index is 310. The predicted octanol–water partition coefficient (Wildman–Crippen LogP) is 4.39. The van der Waals surface area contributed by atoms with Crippen molar-refractivity contribution in [1.29, 1.82) is 0 Å². The van der Waals surface area contributed by atoms with Crippen LogP contribution < -0.4 is 0 Å². The molecular weight excluding hydrogens is 316 g/mol. The summed E-state index contributed by atoms with van der Waals surface area (Å²) in [5.74, 6) is 0. The van der Waals surface area contributed by atoms with Gasteiger partial charge in [0.1, 0.15) is 0 Å². The van der Waals surface area contributed by atoms with E-state index < -0.39 is 16.6 Å². The maximum Gasteiger partial charge on any atom is 0.173 e. The van der Waals surface area contributed by atoms with Gasteiger partial charge in [-0.1, -0.05) is 0 Å². The molecule has 0 aliphatic heterocycles. The van der Waals surface area contributed by atoms with Crippen LogP contribution in [0.2, 0.25) is 38.3 Å². The van der Waals surface area contributed by atoms with E-state index in [0.717, 1.165) is 8.97 Å². The van der Waals surface area contributed by atoms with Crippen LogP contribution in [0.25, 0.3) is 0 Å². The van der Waals surface area contributed by atoms with Crippen molar-refractivity contribution in [2.24, 2.45) is 0 Å². The third-order valence-electron chi connectivity index (χ3n) is 5.35. The number of hydrogen-bond acceptors (Lipinski definition) is 1. The average molecular weight is 363 g/mol. The van der Waals surface area contributed by atoms with E-state index in [9.17, 15) is 0 Å². The largest absolute Gasteiger partial charge is 0.455 e. The van der Waals surface area contributed by atoms with Gasteiger partial charge in [-0.3, -0.25) is 0 Å². The fourth-order valence-electron chi connectivity index (χ4n) is 3.03. The fourth-order valence-corrected chi connectivity index (χ4v) is 11.9. The van der Waals surface area contributed by atoms with Crippen LogP contribution in [0.15, 0.2) is 0 Å². The molecule has 0 amide bonds. The second-order valence-corrected chi connectivity index (χ2v) is 18.6. The van der Waals surface area contributed by atoms with Gasteiger partial charge in [0.25, 0.3) is 0 Å². The molecule has 0 unspecified atom stereocenters. The highest BCUT2D eigenvalue weighted by atomic mass is 28.4. The Balaban J connectivity index is 4.29. The molecule has 0 N–H and O–H groups in total. The molecule has 0 aliphatic rings. The van der Waals surface area contributed by atoms with Crippen molar-refractivity contribution in [2.75, 3.05) is 54.4 Å². The molecule has 0 aromatic carbocycles. The van der Waals surface area contributed by atoms with Crippen molar-refractivity contribution in [3.63, 3.8) is 0 Å². The zero-order valence-electron chi connectivity index (χ0n) is 18.0. The summed E-state index contributed by atoms with van der Waals surface area (Å²) < 4.78 is 9.05. The highest BCUT2D eigenvalue weighted by molar-refractivity contribution is 6.84. The summed E-state index contributed by atoms with van der Waals surface area (Å²) in [4.78, 5) is 0. The van der Waals surface area contributed by atoms with Crippen molar-refractivity contribution in [3.05, 3.63) is 0 Å². The van der Waals surface area contributed by atoms with Gasteiger partial charge in [0, 0.05) is 0 Å². The van der Waals surface area contributed by atoms with Crippen molar-refractivity contribution in [1.82, 2.24) is 0 Å². The third kappa shape index (κ3) is 11.5. The molecule has 0 aromatic heterocycles. The lowest BCUT2D eigenvalue weighted by atomic mass is 10.4. The summed E-state index contributed by atoms with van der Waals surface area (Å²) in [6, 6.07) is 2.61. The monoisotopic (exact) mass is 362 g/mol. The molecule has 0 rings (SSSR count). The molecule has 0 aromatic rings. The summed E-state index contributed by atoms with van der Waals surface area (Å²) in [6.45, 7) is 19.3. The van der Waals surface area contributed by atoms with Gasteiger partial charge in [0.05, 0.1) is 54.4 Å². The van der Waals surface area contributed by atoms with Crippen molar-refractivity contribution < 1.29 is 13.1 Å². The SMILES string of the molecule is CC[N+](C)(C)CCC[Si](C)(C)O[Si](C)(C)CCC[N+](C)(C)CC. The number of quaternary nitrogens is 2. The molecule has 0 saturated carbocycles. The molecule has 0 fully saturated rings. The maximum absolute atomic E-state index is 6.79. The summed E-state index contributed by atoms with van der Waals surface area (Å²) in [7, 11) is 6.32. The van der Waals surface area contributed by atoms with Crippen LogP contribution in [0.4, 0.5) is 0 Å². The van der Waals surface area contributed by atoms with Gasteiger partial charge in [-0.15, -0.1) is 0 Å². The Kier molecular flexibility index (Phi) is 9.26. The first-order valence-electron chi connectivity index (χ1n) is 9.58. The molecule has 0 bridgehead atoms. The molecule has 0 atom stereocenters. The second kappa shape index (κ2) is 9.13. The Hall–Kier alpha value is 0.314. The molecule has 140 valence electrons. The van der Waals surface area contributed by atoms with Crippen molar-refractivity contribution in [2.45, 2.75) is 65.0 Å². The van der Waals surface area contributed by atoms with Crippen LogP contribution in [-0.2, 0) is 4.12 Å². The number of nitrogens with zero attached hydrogens (tertiary/aromatic N) is 2. The van der Waals surface area contributed by atoms with E-state index in [1.165, 1.54) is 51.1 Å². The zero-order chi connectivity index (χ0) is 18.4. The van der Waals surface area contributed by atoms with Gasteiger partial charge >= 0.3 is 0 Å². The molecule has 0 saturated heterocycles. The zero-order valence-corrected chi connectivity index (χ0v) is 20.0. The van der Waals surface area contributed by atoms with Gasteiger partial charge in [-0.25, -0.2) is 0 Å². The summed E-state index contributed by atoms with van der Waals surface area (Å²) in [5.41, 5.74) is 0. The van der Waals surface area contributed by atoms with E-state index >= 15 is 0 Å². The van der Waals surface area contributed by atoms with Crippen LogP contribution in [-0.4, -0.2) is 80.0 Å². The Morgan fingerprint density at radius 3 is 1.22 bits per heavy atom. The lowest BCUT2D eigenvalue weighted by molar-refractivity contribution is -0.888. The van der Waals surface area contributed by atoms with Gasteiger partial charge in [-0.05, 0) is 65.0 Å². The van der Waals surface area contributed by atoms with E-state index in [1.807, 2.05) is 0 Å². The summed E-state index contributed by atoms with van der Waals surface area (Å²) >= 11 is 0. The van der Waals surface area contributed by atoms with Crippen LogP contribution in [0.5, 0.6) is 0 Å². The minimum absolute atomic E-state index is 1.13. The first-order chi connectivity index (χ1) is 10.2. The smallest absolute Gasteiger partial charge is 0.173 e. The lowest BCUT2D eigenvalue weighted by Gasteiger charge is -2.36. The Labute approximate surface area is 149 Å².